The van der Waals surface area contributed by atoms with Crippen LogP contribution in [-0.2, 0) is 0 Å². The Morgan fingerprint density at radius 1 is 1.07 bits per heavy atom. The second-order valence-corrected chi connectivity index (χ2v) is 4.74. The first-order chi connectivity index (χ1) is 6.59. The molecule has 1 saturated heterocycles. The molecule has 3 heteroatoms. The molecule has 0 aromatic heterocycles. The molecule has 3 nitrogen and oxygen atoms in total. The molecule has 0 spiro atoms. The zero-order chi connectivity index (χ0) is 10.6. The minimum absolute atomic E-state index is 0.345. The van der Waals surface area contributed by atoms with Crippen LogP contribution in [0, 0.1) is 0 Å². The maximum Gasteiger partial charge on any atom is 0.0113 e. The predicted octanol–water partition coefficient (Wildman–Crippen LogP) is 0.750. The van der Waals surface area contributed by atoms with Crippen LogP contribution in [0.5, 0.6) is 0 Å². The summed E-state index contributed by atoms with van der Waals surface area (Å²) < 4.78 is 0. The van der Waals surface area contributed by atoms with Gasteiger partial charge in [-0.1, -0.05) is 0 Å². The van der Waals surface area contributed by atoms with Crippen molar-refractivity contribution in [3.05, 3.63) is 0 Å². The summed E-state index contributed by atoms with van der Waals surface area (Å²) in [5.41, 5.74) is 5.75. The fourth-order valence-electron chi connectivity index (χ4n) is 1.89. The lowest BCUT2D eigenvalue weighted by molar-refractivity contribution is 0.107. The highest BCUT2D eigenvalue weighted by Crippen LogP contribution is 2.06. The van der Waals surface area contributed by atoms with Gasteiger partial charge in [0.1, 0.15) is 0 Å². The van der Waals surface area contributed by atoms with Gasteiger partial charge in [0, 0.05) is 38.3 Å². The lowest BCUT2D eigenvalue weighted by Gasteiger charge is -2.37. The maximum absolute atomic E-state index is 5.75. The monoisotopic (exact) mass is 199 g/mol. The minimum Gasteiger partial charge on any atom is -0.328 e. The van der Waals surface area contributed by atoms with E-state index in [0.717, 1.165) is 6.42 Å². The van der Waals surface area contributed by atoms with Gasteiger partial charge in [-0.3, -0.25) is 4.90 Å². The summed E-state index contributed by atoms with van der Waals surface area (Å²) in [7, 11) is 0. The van der Waals surface area contributed by atoms with E-state index in [1.165, 1.54) is 32.7 Å². The molecule has 0 amide bonds. The summed E-state index contributed by atoms with van der Waals surface area (Å²) in [4.78, 5) is 5.07. The van der Waals surface area contributed by atoms with Crippen molar-refractivity contribution in [3.63, 3.8) is 0 Å². The fourth-order valence-corrected chi connectivity index (χ4v) is 1.89. The molecule has 1 heterocycles. The van der Waals surface area contributed by atoms with Crippen LogP contribution in [0.2, 0.25) is 0 Å². The fraction of sp³-hybridized carbons (Fsp3) is 1.00. The van der Waals surface area contributed by atoms with Crippen molar-refractivity contribution in [3.8, 4) is 0 Å². The molecule has 0 radical (unpaired) electrons. The molecular weight excluding hydrogens is 174 g/mol. The van der Waals surface area contributed by atoms with E-state index in [1.54, 1.807) is 0 Å². The Bertz CT molecular complexity index is 149. The molecule has 0 aromatic carbocycles. The summed E-state index contributed by atoms with van der Waals surface area (Å²) in [6, 6.07) is 1.05. The predicted molar refractivity (Wildman–Crippen MR) is 61.4 cm³/mol. The van der Waals surface area contributed by atoms with Crippen LogP contribution in [0.25, 0.3) is 0 Å². The van der Waals surface area contributed by atoms with Crippen LogP contribution >= 0.6 is 0 Å². The van der Waals surface area contributed by atoms with E-state index in [4.69, 9.17) is 5.73 Å². The van der Waals surface area contributed by atoms with E-state index < -0.39 is 0 Å². The second-order valence-electron chi connectivity index (χ2n) is 4.74. The molecule has 1 rings (SSSR count). The minimum atomic E-state index is 0.345. The largest absolute Gasteiger partial charge is 0.328 e. The van der Waals surface area contributed by atoms with Gasteiger partial charge in [-0.25, -0.2) is 0 Å². The molecule has 1 unspecified atom stereocenters. The van der Waals surface area contributed by atoms with Crippen molar-refractivity contribution in [2.24, 2.45) is 5.73 Å². The van der Waals surface area contributed by atoms with Crippen molar-refractivity contribution in [1.29, 1.82) is 0 Å². The summed E-state index contributed by atoms with van der Waals surface area (Å²) in [5.74, 6) is 0. The summed E-state index contributed by atoms with van der Waals surface area (Å²) in [6.45, 7) is 12.7. The van der Waals surface area contributed by atoms with Crippen LogP contribution < -0.4 is 5.73 Å². The molecule has 1 aliphatic rings. The molecule has 0 bridgehead atoms. The van der Waals surface area contributed by atoms with Crippen molar-refractivity contribution >= 4 is 0 Å². The Labute approximate surface area is 88.2 Å². The van der Waals surface area contributed by atoms with Crippen molar-refractivity contribution in [2.45, 2.75) is 39.3 Å². The maximum atomic E-state index is 5.75. The van der Waals surface area contributed by atoms with Crippen molar-refractivity contribution < 1.29 is 0 Å². The number of rotatable bonds is 4. The average Bonchev–Trinajstić information content (AvgIpc) is 2.15. The summed E-state index contributed by atoms with van der Waals surface area (Å²) >= 11 is 0. The van der Waals surface area contributed by atoms with Gasteiger partial charge in [0.25, 0.3) is 0 Å². The van der Waals surface area contributed by atoms with Crippen LogP contribution in [-0.4, -0.2) is 54.6 Å². The zero-order valence-corrected chi connectivity index (χ0v) is 9.87. The Morgan fingerprint density at radius 3 is 2.07 bits per heavy atom. The van der Waals surface area contributed by atoms with Crippen molar-refractivity contribution in [1.82, 2.24) is 9.80 Å². The number of hydrogen-bond acceptors (Lipinski definition) is 3. The van der Waals surface area contributed by atoms with Gasteiger partial charge in [0.15, 0.2) is 0 Å². The number of nitrogens with zero attached hydrogens (tertiary/aromatic N) is 2. The smallest absolute Gasteiger partial charge is 0.0113 e. The van der Waals surface area contributed by atoms with Crippen LogP contribution in [0.15, 0.2) is 0 Å². The van der Waals surface area contributed by atoms with Crippen LogP contribution in [0.1, 0.15) is 27.2 Å². The van der Waals surface area contributed by atoms with Gasteiger partial charge in [-0.2, -0.15) is 0 Å². The second kappa shape index (κ2) is 5.69. The lowest BCUT2D eigenvalue weighted by Crippen LogP contribution is -2.49. The standard InChI is InChI=1S/C11H25N3/c1-10(2)14-8-6-13(7-9-14)5-4-11(3)12/h10-11H,4-9,12H2,1-3H3. The zero-order valence-electron chi connectivity index (χ0n) is 9.87. The molecule has 1 aliphatic heterocycles. The molecule has 1 atom stereocenters. The first kappa shape index (κ1) is 12.0. The quantitative estimate of drug-likeness (QED) is 0.725. The third-order valence-electron chi connectivity index (χ3n) is 3.04. The van der Waals surface area contributed by atoms with Gasteiger partial charge in [-0.05, 0) is 33.7 Å². The number of piperazine rings is 1. The molecular formula is C11H25N3. The highest BCUT2D eigenvalue weighted by atomic mass is 15.3. The highest BCUT2D eigenvalue weighted by molar-refractivity contribution is 4.74. The molecule has 0 aromatic rings. The third-order valence-corrected chi connectivity index (χ3v) is 3.04. The molecule has 0 aliphatic carbocycles. The van der Waals surface area contributed by atoms with Gasteiger partial charge >= 0.3 is 0 Å². The van der Waals surface area contributed by atoms with Crippen LogP contribution in [0.3, 0.4) is 0 Å². The first-order valence-corrected chi connectivity index (χ1v) is 5.81. The van der Waals surface area contributed by atoms with Gasteiger partial charge in [0.2, 0.25) is 0 Å². The SMILES string of the molecule is CC(N)CCN1CCN(C(C)C)CC1. The average molecular weight is 199 g/mol. The van der Waals surface area contributed by atoms with E-state index in [2.05, 4.69) is 30.6 Å². The number of hydrogen-bond donors (Lipinski definition) is 1. The third kappa shape index (κ3) is 3.95. The summed E-state index contributed by atoms with van der Waals surface area (Å²) in [5, 5.41) is 0. The molecule has 0 saturated carbocycles. The van der Waals surface area contributed by atoms with Gasteiger partial charge in [0.05, 0.1) is 0 Å². The van der Waals surface area contributed by atoms with E-state index in [9.17, 15) is 0 Å². The Balaban J connectivity index is 2.16. The molecule has 2 N–H and O–H groups in total. The molecule has 1 fully saturated rings. The highest BCUT2D eigenvalue weighted by Gasteiger charge is 2.18. The van der Waals surface area contributed by atoms with Crippen molar-refractivity contribution in [2.75, 3.05) is 32.7 Å². The topological polar surface area (TPSA) is 32.5 Å². The van der Waals surface area contributed by atoms with E-state index >= 15 is 0 Å². The van der Waals surface area contributed by atoms with E-state index in [1.807, 2.05) is 0 Å². The molecule has 84 valence electrons. The normalized spacial score (nSPS) is 22.9. The Morgan fingerprint density at radius 2 is 1.64 bits per heavy atom. The molecule has 14 heavy (non-hydrogen) atoms. The Hall–Kier alpha value is -0.120. The summed E-state index contributed by atoms with van der Waals surface area (Å²) in [6.07, 6.45) is 1.13. The first-order valence-electron chi connectivity index (χ1n) is 5.81. The van der Waals surface area contributed by atoms with Gasteiger partial charge in [-0.15, -0.1) is 0 Å². The lowest BCUT2D eigenvalue weighted by atomic mass is 10.2. The van der Waals surface area contributed by atoms with E-state index in [0.29, 0.717) is 12.1 Å². The Kier molecular flexibility index (Phi) is 4.85. The van der Waals surface area contributed by atoms with E-state index in [-0.39, 0.29) is 0 Å². The van der Waals surface area contributed by atoms with Crippen LogP contribution in [0.4, 0.5) is 0 Å². The van der Waals surface area contributed by atoms with Gasteiger partial charge < -0.3 is 10.6 Å². The number of nitrogens with two attached hydrogens (primary N) is 1.